The van der Waals surface area contributed by atoms with Gasteiger partial charge in [0.1, 0.15) is 0 Å². The lowest BCUT2D eigenvalue weighted by atomic mass is 10.1. The highest BCUT2D eigenvalue weighted by atomic mass is 32.1. The monoisotopic (exact) mass is 92.0 g/mol. The van der Waals surface area contributed by atoms with Crippen LogP contribution in [0.2, 0.25) is 6.82 Å². The highest BCUT2D eigenvalue weighted by Gasteiger charge is 1.68. The lowest BCUT2D eigenvalue weighted by Crippen LogP contribution is -2.01. The molecule has 0 aliphatic heterocycles. The third-order valence-electron chi connectivity index (χ3n) is 0.171. The van der Waals surface area contributed by atoms with Crippen LogP contribution >= 0.6 is 12.8 Å². The molecule has 0 aromatic heterocycles. The van der Waals surface area contributed by atoms with Gasteiger partial charge in [-0.05, 0) is 0 Å². The van der Waals surface area contributed by atoms with Crippen LogP contribution in [-0.4, -0.2) is 8.78 Å². The zero-order valence-electron chi connectivity index (χ0n) is 3.93. The van der Waals surface area contributed by atoms with Crippen molar-refractivity contribution in [2.24, 2.45) is 0 Å². The van der Waals surface area contributed by atoms with Crippen molar-refractivity contribution < 1.29 is 4.76 Å². The van der Waals surface area contributed by atoms with E-state index in [1.807, 2.05) is 0 Å². The molecule has 30 valence electrons. The van der Waals surface area contributed by atoms with Crippen LogP contribution in [-0.2, 0) is 4.76 Å². The Morgan fingerprint density at radius 3 is 3.00 bits per heavy atom. The average Bonchev–Trinajstić information content (AvgIpc) is 1.35. The van der Waals surface area contributed by atoms with Crippen molar-refractivity contribution in [2.45, 2.75) is 6.82 Å². The first-order valence-corrected chi connectivity index (χ1v) is 1.69. The minimum Gasteiger partial charge on any atom is -0.359 e. The number of hydrogen-bond acceptors (Lipinski definition) is 3. The van der Waals surface area contributed by atoms with Crippen molar-refractivity contribution in [2.75, 3.05) is 0 Å². The lowest BCUT2D eigenvalue weighted by molar-refractivity contribution is 0.308. The molecule has 4 heteroatoms. The summed E-state index contributed by atoms with van der Waals surface area (Å²) in [5, 5.41) is 0. The molecule has 0 aliphatic carbocycles. The molecule has 0 amide bonds. The van der Waals surface area contributed by atoms with Gasteiger partial charge in [-0.1, -0.05) is 19.6 Å². The minimum absolute atomic E-state index is 0.539. The van der Waals surface area contributed by atoms with Gasteiger partial charge >= 0.3 is 7.45 Å². The molecule has 0 saturated heterocycles. The summed E-state index contributed by atoms with van der Waals surface area (Å²) >= 11 is 3.47. The van der Waals surface area contributed by atoms with E-state index in [1.54, 1.807) is 6.82 Å². The third kappa shape index (κ3) is 4.33. The Morgan fingerprint density at radius 2 is 3.00 bits per heavy atom. The normalized spacial score (nSPS) is 10.4. The topological polar surface area (TPSA) is 21.3 Å². The van der Waals surface area contributed by atoms with E-state index >= 15 is 0 Å². The average molecular weight is 92.0 g/mol. The van der Waals surface area contributed by atoms with Crippen LogP contribution in [0.3, 0.4) is 0 Å². The fourth-order valence-corrected chi connectivity index (χ4v) is 0.158. The zero-order chi connectivity index (χ0) is 4.99. The van der Waals surface area contributed by atoms with Crippen molar-refractivity contribution in [3.63, 3.8) is 0 Å². The predicted molar refractivity (Wildman–Crippen MR) is 26.2 cm³/mol. The van der Waals surface area contributed by atoms with E-state index in [-0.39, 0.29) is 0 Å². The van der Waals surface area contributed by atoms with Gasteiger partial charge in [0.15, 0.2) is 0 Å². The van der Waals surface area contributed by atoms with Gasteiger partial charge in [-0.2, -0.15) is 4.89 Å². The Kier molecular flexibility index (Phi) is 3.05. The molecule has 0 aliphatic rings. The molecule has 0 spiro atoms. The van der Waals surface area contributed by atoms with Crippen LogP contribution in [0, 0.1) is 0 Å². The summed E-state index contributed by atoms with van der Waals surface area (Å²) in [6.07, 6.45) is 0. The van der Waals surface area contributed by atoms with E-state index in [4.69, 9.17) is 1.34 Å². The lowest BCUT2D eigenvalue weighted by Gasteiger charge is -1.86. The van der Waals surface area contributed by atoms with E-state index in [2.05, 4.69) is 22.5 Å². The molecule has 0 bridgehead atoms. The molecular formula is CH6BNOS. The maximum absolute atomic E-state index is 6.64. The first kappa shape index (κ1) is 3.52. The molecule has 2 nitrogen and oxygen atoms in total. The van der Waals surface area contributed by atoms with Gasteiger partial charge in [-0.25, -0.2) is 0 Å². The van der Waals surface area contributed by atoms with Gasteiger partial charge in [0.05, 0.1) is 0 Å². The fraction of sp³-hybridized carbons (Fsp3) is 1.00. The molecule has 0 fully saturated rings. The van der Waals surface area contributed by atoms with Gasteiger partial charge in [0.2, 0.25) is 0 Å². The van der Waals surface area contributed by atoms with Crippen LogP contribution < -0.4 is 4.89 Å². The highest BCUT2D eigenvalue weighted by molar-refractivity contribution is 7.77. The van der Waals surface area contributed by atoms with Gasteiger partial charge in [0.25, 0.3) is 0 Å². The van der Waals surface area contributed by atoms with Crippen molar-refractivity contribution in [3.05, 3.63) is 0 Å². The molecule has 0 atom stereocenters. The number of thiol groups is 1. The summed E-state index contributed by atoms with van der Waals surface area (Å²) in [6.45, 7) is 1.59. The molecule has 0 aromatic rings. The van der Waals surface area contributed by atoms with E-state index < -0.39 is 7.45 Å². The predicted octanol–water partition coefficient (Wildman–Crippen LogP) is -0.248. The number of rotatable bonds is 2. The van der Waals surface area contributed by atoms with Crippen LogP contribution in [0.25, 0.3) is 0 Å². The molecule has 0 rings (SSSR count). The third-order valence-corrected chi connectivity index (χ3v) is 0.276. The summed E-state index contributed by atoms with van der Waals surface area (Å²) in [5.74, 6) is 0. The van der Waals surface area contributed by atoms with Crippen LogP contribution in [0.5, 0.6) is 0 Å². The molecule has 5 heavy (non-hydrogen) atoms. The summed E-state index contributed by atoms with van der Waals surface area (Å²) < 4.78 is 11.0. The second-order valence-electron chi connectivity index (χ2n) is 0.445. The Morgan fingerprint density at radius 1 is 2.40 bits per heavy atom. The van der Waals surface area contributed by atoms with E-state index in [9.17, 15) is 0 Å². The van der Waals surface area contributed by atoms with Gasteiger partial charge < -0.3 is 4.76 Å². The summed E-state index contributed by atoms with van der Waals surface area (Å²) in [4.78, 5) is 2.07. The first-order chi connectivity index (χ1) is 2.77. The Balaban J connectivity index is 2.63. The Labute approximate surface area is 39.0 Å². The number of nitrogens with one attached hydrogen (secondary N) is 1. The maximum Gasteiger partial charge on any atom is 0.302 e. The molecule has 0 saturated carbocycles. The van der Waals surface area contributed by atoms with Crippen molar-refractivity contribution in [3.8, 4) is 0 Å². The summed E-state index contributed by atoms with van der Waals surface area (Å²) in [7, 11) is -0.539. The Hall–Kier alpha value is 0.335. The summed E-state index contributed by atoms with van der Waals surface area (Å²) in [5.41, 5.74) is 0. The standard InChI is InChI=1S/CH6BNOS/c1-2-4-3-5/h2-3,5H,1H3/i2D. The molecule has 1 N–H and O–H groups in total. The van der Waals surface area contributed by atoms with Gasteiger partial charge in [-0.3, -0.25) is 0 Å². The molecule has 0 unspecified atom stereocenters. The SMILES string of the molecule is [2H]B(C)ONS. The maximum atomic E-state index is 6.64. The zero-order valence-corrected chi connectivity index (χ0v) is 3.83. The Bertz CT molecular complexity index is 36.7. The van der Waals surface area contributed by atoms with E-state index in [1.165, 1.54) is 0 Å². The summed E-state index contributed by atoms with van der Waals surface area (Å²) in [6, 6.07) is 0. The highest BCUT2D eigenvalue weighted by Crippen LogP contribution is 1.58. The number of hydrogen-bond donors (Lipinski definition) is 2. The first-order valence-electron chi connectivity index (χ1n) is 1.82. The minimum atomic E-state index is -0.539. The van der Waals surface area contributed by atoms with Crippen molar-refractivity contribution in [1.82, 2.24) is 4.89 Å². The van der Waals surface area contributed by atoms with Crippen LogP contribution in [0.1, 0.15) is 0 Å². The molecule has 0 heterocycles. The van der Waals surface area contributed by atoms with Crippen molar-refractivity contribution in [1.29, 1.82) is 1.34 Å². The largest absolute Gasteiger partial charge is 0.359 e. The fourth-order valence-electron chi connectivity index (χ4n) is 0.0527. The quantitative estimate of drug-likeness (QED) is 0.278. The van der Waals surface area contributed by atoms with Gasteiger partial charge in [0, 0.05) is 1.34 Å². The molecule has 0 aromatic carbocycles. The smallest absolute Gasteiger partial charge is 0.302 e. The van der Waals surface area contributed by atoms with E-state index in [0.717, 1.165) is 0 Å². The molecular weight excluding hydrogens is 84.9 g/mol. The van der Waals surface area contributed by atoms with Gasteiger partial charge in [-0.15, -0.1) is 0 Å². The van der Waals surface area contributed by atoms with E-state index in [0.29, 0.717) is 0 Å². The molecule has 0 radical (unpaired) electrons. The van der Waals surface area contributed by atoms with Crippen molar-refractivity contribution >= 4 is 20.3 Å². The van der Waals surface area contributed by atoms with Crippen LogP contribution in [0.15, 0.2) is 0 Å². The van der Waals surface area contributed by atoms with Crippen LogP contribution in [0.4, 0.5) is 0 Å². The second-order valence-corrected chi connectivity index (χ2v) is 0.627. The second kappa shape index (κ2) is 4.33.